The minimum absolute atomic E-state index is 0.155. The van der Waals surface area contributed by atoms with Gasteiger partial charge in [0.05, 0.1) is 19.3 Å². The van der Waals surface area contributed by atoms with Crippen LogP contribution in [0.25, 0.3) is 0 Å². The third-order valence-electron chi connectivity index (χ3n) is 4.14. The van der Waals surface area contributed by atoms with Crippen LogP contribution in [-0.4, -0.2) is 25.3 Å². The van der Waals surface area contributed by atoms with Crippen LogP contribution in [0.2, 0.25) is 0 Å². The van der Waals surface area contributed by atoms with Crippen molar-refractivity contribution < 1.29 is 9.47 Å². The Balaban J connectivity index is 1.97. The highest BCUT2D eigenvalue weighted by Crippen LogP contribution is 2.28. The van der Waals surface area contributed by atoms with Crippen molar-refractivity contribution in [1.29, 1.82) is 0 Å². The summed E-state index contributed by atoms with van der Waals surface area (Å²) in [7, 11) is 0. The molecule has 1 aromatic rings. The van der Waals surface area contributed by atoms with E-state index in [0.717, 1.165) is 31.7 Å². The summed E-state index contributed by atoms with van der Waals surface area (Å²) in [5.41, 5.74) is 1.39. The molecule has 0 spiro atoms. The van der Waals surface area contributed by atoms with E-state index in [1.54, 1.807) is 0 Å². The van der Waals surface area contributed by atoms with Gasteiger partial charge in [-0.15, -0.1) is 0 Å². The molecule has 0 amide bonds. The van der Waals surface area contributed by atoms with Gasteiger partial charge in [-0.3, -0.25) is 0 Å². The van der Waals surface area contributed by atoms with Crippen LogP contribution in [0.1, 0.15) is 45.3 Å². The fourth-order valence-electron chi connectivity index (χ4n) is 2.54. The van der Waals surface area contributed by atoms with Crippen LogP contribution < -0.4 is 10.1 Å². The lowest BCUT2D eigenvalue weighted by atomic mass is 9.91. The summed E-state index contributed by atoms with van der Waals surface area (Å²) in [6, 6.07) is 8.23. The van der Waals surface area contributed by atoms with Crippen LogP contribution in [0, 0.1) is 0 Å². The Morgan fingerprint density at radius 1 is 1.21 bits per heavy atom. The van der Waals surface area contributed by atoms with Crippen LogP contribution in [0.15, 0.2) is 24.3 Å². The molecule has 0 saturated carbocycles. The molecule has 1 heterocycles. The van der Waals surface area contributed by atoms with E-state index in [9.17, 15) is 0 Å². The standard InChI is InChI=1S/C16H25NO2/c1-4-16(5-2)12-19-15(11-17-16)13-7-9-14(10-8-13)18-6-3/h7-10,15,17H,4-6,11-12H2,1-3H3. The quantitative estimate of drug-likeness (QED) is 0.884. The number of morpholine rings is 1. The molecule has 106 valence electrons. The Hall–Kier alpha value is -1.06. The molecule has 0 radical (unpaired) electrons. The van der Waals surface area contributed by atoms with Gasteiger partial charge < -0.3 is 14.8 Å². The summed E-state index contributed by atoms with van der Waals surface area (Å²) in [4.78, 5) is 0. The fourth-order valence-corrected chi connectivity index (χ4v) is 2.54. The van der Waals surface area contributed by atoms with E-state index in [4.69, 9.17) is 9.47 Å². The maximum atomic E-state index is 6.06. The zero-order valence-corrected chi connectivity index (χ0v) is 12.2. The molecule has 0 aromatic heterocycles. The first-order valence-corrected chi connectivity index (χ1v) is 7.32. The van der Waals surface area contributed by atoms with E-state index < -0.39 is 0 Å². The van der Waals surface area contributed by atoms with Crippen LogP contribution in [0.4, 0.5) is 0 Å². The highest BCUT2D eigenvalue weighted by Gasteiger charge is 2.32. The van der Waals surface area contributed by atoms with Crippen LogP contribution in [0.3, 0.4) is 0 Å². The highest BCUT2D eigenvalue weighted by molar-refractivity contribution is 5.29. The molecule has 1 fully saturated rings. The molecule has 1 N–H and O–H groups in total. The van der Waals surface area contributed by atoms with Gasteiger partial charge in [-0.2, -0.15) is 0 Å². The summed E-state index contributed by atoms with van der Waals surface area (Å²) < 4.78 is 11.5. The van der Waals surface area contributed by atoms with E-state index in [1.807, 2.05) is 19.1 Å². The van der Waals surface area contributed by atoms with Crippen molar-refractivity contribution in [2.45, 2.75) is 45.3 Å². The lowest BCUT2D eigenvalue weighted by Crippen LogP contribution is -2.54. The molecule has 1 saturated heterocycles. The van der Waals surface area contributed by atoms with Gasteiger partial charge in [-0.25, -0.2) is 0 Å². The zero-order valence-electron chi connectivity index (χ0n) is 12.2. The maximum absolute atomic E-state index is 6.06. The van der Waals surface area contributed by atoms with E-state index in [0.29, 0.717) is 6.61 Å². The average molecular weight is 263 g/mol. The second-order valence-corrected chi connectivity index (χ2v) is 5.17. The first kappa shape index (κ1) is 14.4. The van der Waals surface area contributed by atoms with Crippen LogP contribution in [-0.2, 0) is 4.74 Å². The molecule has 0 aliphatic carbocycles. The van der Waals surface area contributed by atoms with Gasteiger partial charge >= 0.3 is 0 Å². The van der Waals surface area contributed by atoms with Gasteiger partial charge in [0, 0.05) is 12.1 Å². The van der Waals surface area contributed by atoms with Crippen molar-refractivity contribution in [3.8, 4) is 5.75 Å². The first-order valence-electron chi connectivity index (χ1n) is 7.32. The van der Waals surface area contributed by atoms with E-state index >= 15 is 0 Å². The molecular formula is C16H25NO2. The number of ether oxygens (including phenoxy) is 2. The third-order valence-corrected chi connectivity index (χ3v) is 4.14. The molecule has 1 aliphatic heterocycles. The summed E-state index contributed by atoms with van der Waals surface area (Å²) in [5.74, 6) is 0.923. The van der Waals surface area contributed by atoms with Crippen molar-refractivity contribution in [1.82, 2.24) is 5.32 Å². The number of rotatable bonds is 5. The Morgan fingerprint density at radius 2 is 1.89 bits per heavy atom. The van der Waals surface area contributed by atoms with E-state index in [-0.39, 0.29) is 11.6 Å². The van der Waals surface area contributed by atoms with E-state index in [2.05, 4.69) is 31.3 Å². The summed E-state index contributed by atoms with van der Waals surface area (Å²) in [6.07, 6.45) is 2.38. The topological polar surface area (TPSA) is 30.5 Å². The molecular weight excluding hydrogens is 238 g/mol. The molecule has 2 rings (SSSR count). The normalized spacial score (nSPS) is 22.2. The van der Waals surface area contributed by atoms with Crippen molar-refractivity contribution in [2.24, 2.45) is 0 Å². The molecule has 1 unspecified atom stereocenters. The number of nitrogens with one attached hydrogen (secondary N) is 1. The minimum Gasteiger partial charge on any atom is -0.494 e. The van der Waals surface area contributed by atoms with Gasteiger partial charge in [0.1, 0.15) is 5.75 Å². The number of benzene rings is 1. The lowest BCUT2D eigenvalue weighted by molar-refractivity contribution is -0.0374. The van der Waals surface area contributed by atoms with Crippen molar-refractivity contribution >= 4 is 0 Å². The van der Waals surface area contributed by atoms with Gasteiger partial charge in [0.2, 0.25) is 0 Å². The third kappa shape index (κ3) is 3.28. The van der Waals surface area contributed by atoms with Gasteiger partial charge in [-0.05, 0) is 37.5 Å². The van der Waals surface area contributed by atoms with Crippen molar-refractivity contribution in [2.75, 3.05) is 19.8 Å². The fraction of sp³-hybridized carbons (Fsp3) is 0.625. The second kappa shape index (κ2) is 6.40. The second-order valence-electron chi connectivity index (χ2n) is 5.17. The first-order chi connectivity index (χ1) is 9.23. The molecule has 19 heavy (non-hydrogen) atoms. The zero-order chi connectivity index (χ0) is 13.7. The Bertz CT molecular complexity index is 374. The lowest BCUT2D eigenvalue weighted by Gasteiger charge is -2.40. The van der Waals surface area contributed by atoms with Crippen LogP contribution in [0.5, 0.6) is 5.75 Å². The molecule has 1 atom stereocenters. The van der Waals surface area contributed by atoms with E-state index in [1.165, 1.54) is 5.56 Å². The highest BCUT2D eigenvalue weighted by atomic mass is 16.5. The Morgan fingerprint density at radius 3 is 2.37 bits per heavy atom. The maximum Gasteiger partial charge on any atom is 0.119 e. The van der Waals surface area contributed by atoms with Gasteiger partial charge in [0.15, 0.2) is 0 Å². The Kier molecular flexibility index (Phi) is 4.83. The summed E-state index contributed by atoms with van der Waals surface area (Å²) in [5, 5.41) is 3.66. The van der Waals surface area contributed by atoms with Gasteiger partial charge in [0.25, 0.3) is 0 Å². The molecule has 0 bridgehead atoms. The van der Waals surface area contributed by atoms with Crippen molar-refractivity contribution in [3.63, 3.8) is 0 Å². The molecule has 3 nitrogen and oxygen atoms in total. The van der Waals surface area contributed by atoms with Crippen LogP contribution >= 0.6 is 0 Å². The average Bonchev–Trinajstić information content (AvgIpc) is 2.49. The SMILES string of the molecule is CCOc1ccc(C2CNC(CC)(CC)CO2)cc1. The molecule has 1 aromatic carbocycles. The number of hydrogen-bond acceptors (Lipinski definition) is 3. The van der Waals surface area contributed by atoms with Gasteiger partial charge in [-0.1, -0.05) is 26.0 Å². The predicted molar refractivity (Wildman–Crippen MR) is 77.6 cm³/mol. The Labute approximate surface area is 116 Å². The molecule has 1 aliphatic rings. The molecule has 3 heteroatoms. The minimum atomic E-state index is 0.155. The smallest absolute Gasteiger partial charge is 0.119 e. The number of hydrogen-bond donors (Lipinski definition) is 1. The summed E-state index contributed by atoms with van der Waals surface area (Å²) >= 11 is 0. The monoisotopic (exact) mass is 263 g/mol. The van der Waals surface area contributed by atoms with Crippen molar-refractivity contribution in [3.05, 3.63) is 29.8 Å². The summed E-state index contributed by atoms with van der Waals surface area (Å²) in [6.45, 7) is 8.81. The largest absolute Gasteiger partial charge is 0.494 e. The predicted octanol–water partition coefficient (Wildman–Crippen LogP) is 3.31.